The summed E-state index contributed by atoms with van der Waals surface area (Å²) in [4.78, 5) is 11.4. The smallest absolute Gasteiger partial charge is 0.226 e. The predicted octanol–water partition coefficient (Wildman–Crippen LogP) is 1.55. The molecule has 0 atom stereocenters. The van der Waals surface area contributed by atoms with Gasteiger partial charge in [0.05, 0.1) is 24.4 Å². The number of aryl methyl sites for hydroxylation is 1. The molecule has 4 nitrogen and oxygen atoms in total. The Morgan fingerprint density at radius 1 is 1.53 bits per heavy atom. The van der Waals surface area contributed by atoms with E-state index in [9.17, 15) is 4.79 Å². The number of hydrogen-bond acceptors (Lipinski definition) is 3. The molecule has 0 aliphatic carbocycles. The van der Waals surface area contributed by atoms with Crippen molar-refractivity contribution in [2.75, 3.05) is 24.8 Å². The number of ether oxygens (including phenoxy) is 1. The maximum Gasteiger partial charge on any atom is 0.226 e. The number of rotatable bonds is 4. The number of anilines is 2. The molecule has 0 fully saturated rings. The molecule has 0 saturated heterocycles. The van der Waals surface area contributed by atoms with E-state index >= 15 is 0 Å². The van der Waals surface area contributed by atoms with Crippen LogP contribution in [-0.2, 0) is 9.53 Å². The highest BCUT2D eigenvalue weighted by molar-refractivity contribution is 5.94. The number of amides is 1. The first kappa shape index (κ1) is 11.5. The van der Waals surface area contributed by atoms with Crippen LogP contribution in [0.5, 0.6) is 0 Å². The van der Waals surface area contributed by atoms with Crippen molar-refractivity contribution in [1.29, 1.82) is 0 Å². The molecule has 3 N–H and O–H groups in total. The van der Waals surface area contributed by atoms with E-state index in [1.54, 1.807) is 13.2 Å². The minimum absolute atomic E-state index is 0.0853. The second-order valence-corrected chi connectivity index (χ2v) is 3.33. The minimum Gasteiger partial charge on any atom is -0.397 e. The molecule has 0 spiro atoms. The van der Waals surface area contributed by atoms with E-state index in [1.165, 1.54) is 0 Å². The molecule has 0 aliphatic heterocycles. The van der Waals surface area contributed by atoms with Crippen LogP contribution < -0.4 is 11.1 Å². The van der Waals surface area contributed by atoms with Gasteiger partial charge in [-0.25, -0.2) is 0 Å². The van der Waals surface area contributed by atoms with Crippen molar-refractivity contribution in [2.45, 2.75) is 13.3 Å². The van der Waals surface area contributed by atoms with Crippen LogP contribution in [-0.4, -0.2) is 19.6 Å². The molecule has 1 aromatic rings. The average Bonchev–Trinajstić information content (AvgIpc) is 2.21. The van der Waals surface area contributed by atoms with Crippen molar-refractivity contribution in [3.63, 3.8) is 0 Å². The van der Waals surface area contributed by atoms with Gasteiger partial charge in [-0.05, 0) is 18.6 Å². The molecule has 4 heteroatoms. The van der Waals surface area contributed by atoms with Crippen molar-refractivity contribution >= 4 is 17.3 Å². The van der Waals surface area contributed by atoms with Gasteiger partial charge in [0.25, 0.3) is 0 Å². The fourth-order valence-corrected chi connectivity index (χ4v) is 1.26. The Morgan fingerprint density at radius 3 is 2.87 bits per heavy atom. The molecule has 0 unspecified atom stereocenters. The van der Waals surface area contributed by atoms with Crippen LogP contribution in [0.2, 0.25) is 0 Å². The number of carbonyl (C=O) groups is 1. The SMILES string of the molecule is COCCC(=O)Nc1c(C)cccc1N. The molecular weight excluding hydrogens is 192 g/mol. The Bertz CT molecular complexity index is 330. The summed E-state index contributed by atoms with van der Waals surface area (Å²) in [5.74, 6) is -0.0853. The number of benzene rings is 1. The van der Waals surface area contributed by atoms with E-state index in [-0.39, 0.29) is 5.91 Å². The number of hydrogen-bond donors (Lipinski definition) is 2. The lowest BCUT2D eigenvalue weighted by Gasteiger charge is -2.10. The molecule has 0 bridgehead atoms. The summed E-state index contributed by atoms with van der Waals surface area (Å²) >= 11 is 0. The molecule has 1 aromatic carbocycles. The fraction of sp³-hybridized carbons (Fsp3) is 0.364. The first-order valence-corrected chi connectivity index (χ1v) is 4.79. The maximum atomic E-state index is 11.4. The van der Waals surface area contributed by atoms with Gasteiger partial charge >= 0.3 is 0 Å². The number of methoxy groups -OCH3 is 1. The fourth-order valence-electron chi connectivity index (χ4n) is 1.26. The zero-order chi connectivity index (χ0) is 11.3. The highest BCUT2D eigenvalue weighted by Gasteiger charge is 2.06. The third kappa shape index (κ3) is 3.25. The van der Waals surface area contributed by atoms with Gasteiger partial charge in [-0.3, -0.25) is 4.79 Å². The van der Waals surface area contributed by atoms with Gasteiger partial charge in [-0.2, -0.15) is 0 Å². The minimum atomic E-state index is -0.0853. The van der Waals surface area contributed by atoms with E-state index in [0.717, 1.165) is 5.56 Å². The Kier molecular flexibility index (Phi) is 4.12. The lowest BCUT2D eigenvalue weighted by Crippen LogP contribution is -2.15. The number of para-hydroxylation sites is 1. The van der Waals surface area contributed by atoms with Crippen LogP contribution in [0.4, 0.5) is 11.4 Å². The monoisotopic (exact) mass is 208 g/mol. The lowest BCUT2D eigenvalue weighted by atomic mass is 10.1. The van der Waals surface area contributed by atoms with E-state index in [0.29, 0.717) is 24.4 Å². The summed E-state index contributed by atoms with van der Waals surface area (Å²) in [5.41, 5.74) is 7.99. The Morgan fingerprint density at radius 2 is 2.27 bits per heavy atom. The number of nitrogens with two attached hydrogens (primary N) is 1. The molecule has 0 aromatic heterocycles. The summed E-state index contributed by atoms with van der Waals surface area (Å²) in [7, 11) is 1.56. The Hall–Kier alpha value is -1.55. The average molecular weight is 208 g/mol. The summed E-state index contributed by atoms with van der Waals surface area (Å²) in [6.45, 7) is 2.32. The standard InChI is InChI=1S/C11H16N2O2/c1-8-4-3-5-9(12)11(8)13-10(14)6-7-15-2/h3-5H,6-7,12H2,1-2H3,(H,13,14). The Labute approximate surface area is 89.4 Å². The number of nitrogens with one attached hydrogen (secondary N) is 1. The third-order valence-corrected chi connectivity index (χ3v) is 2.10. The van der Waals surface area contributed by atoms with Gasteiger partial charge < -0.3 is 15.8 Å². The van der Waals surface area contributed by atoms with E-state index in [2.05, 4.69) is 5.32 Å². The quantitative estimate of drug-likeness (QED) is 0.738. The van der Waals surface area contributed by atoms with Crippen LogP contribution in [0.1, 0.15) is 12.0 Å². The van der Waals surface area contributed by atoms with Crippen molar-refractivity contribution in [1.82, 2.24) is 0 Å². The van der Waals surface area contributed by atoms with Crippen molar-refractivity contribution in [2.24, 2.45) is 0 Å². The van der Waals surface area contributed by atoms with Crippen molar-refractivity contribution in [3.8, 4) is 0 Å². The molecular formula is C11H16N2O2. The van der Waals surface area contributed by atoms with E-state index in [4.69, 9.17) is 10.5 Å². The summed E-state index contributed by atoms with van der Waals surface area (Å²) < 4.78 is 4.82. The van der Waals surface area contributed by atoms with Crippen LogP contribution in [0.3, 0.4) is 0 Å². The summed E-state index contributed by atoms with van der Waals surface area (Å²) in [6, 6.07) is 5.52. The van der Waals surface area contributed by atoms with Crippen LogP contribution in [0, 0.1) is 6.92 Å². The van der Waals surface area contributed by atoms with E-state index < -0.39 is 0 Å². The summed E-state index contributed by atoms with van der Waals surface area (Å²) in [6.07, 6.45) is 0.338. The molecule has 0 saturated carbocycles. The topological polar surface area (TPSA) is 64.3 Å². The summed E-state index contributed by atoms with van der Waals surface area (Å²) in [5, 5.41) is 2.77. The Balaban J connectivity index is 2.68. The normalized spacial score (nSPS) is 10.0. The van der Waals surface area contributed by atoms with Gasteiger partial charge in [0.1, 0.15) is 0 Å². The van der Waals surface area contributed by atoms with Crippen LogP contribution >= 0.6 is 0 Å². The van der Waals surface area contributed by atoms with Gasteiger partial charge in [-0.15, -0.1) is 0 Å². The predicted molar refractivity (Wildman–Crippen MR) is 60.7 cm³/mol. The van der Waals surface area contributed by atoms with Crippen molar-refractivity contribution < 1.29 is 9.53 Å². The zero-order valence-corrected chi connectivity index (χ0v) is 9.04. The zero-order valence-electron chi connectivity index (χ0n) is 9.04. The number of carbonyl (C=O) groups excluding carboxylic acids is 1. The van der Waals surface area contributed by atoms with Gasteiger partial charge in [0, 0.05) is 7.11 Å². The van der Waals surface area contributed by atoms with Gasteiger partial charge in [0.15, 0.2) is 0 Å². The van der Waals surface area contributed by atoms with Gasteiger partial charge in [0.2, 0.25) is 5.91 Å². The maximum absolute atomic E-state index is 11.4. The van der Waals surface area contributed by atoms with Gasteiger partial charge in [-0.1, -0.05) is 12.1 Å². The van der Waals surface area contributed by atoms with Crippen molar-refractivity contribution in [3.05, 3.63) is 23.8 Å². The molecule has 1 rings (SSSR count). The highest BCUT2D eigenvalue weighted by atomic mass is 16.5. The van der Waals surface area contributed by atoms with E-state index in [1.807, 2.05) is 19.1 Å². The van der Waals surface area contributed by atoms with Crippen LogP contribution in [0.15, 0.2) is 18.2 Å². The molecule has 0 heterocycles. The molecule has 0 aliphatic rings. The third-order valence-electron chi connectivity index (χ3n) is 2.10. The highest BCUT2D eigenvalue weighted by Crippen LogP contribution is 2.22. The molecule has 1 amide bonds. The first-order valence-electron chi connectivity index (χ1n) is 4.79. The molecule has 15 heavy (non-hydrogen) atoms. The first-order chi connectivity index (χ1) is 7.15. The largest absolute Gasteiger partial charge is 0.397 e. The second kappa shape index (κ2) is 5.36. The second-order valence-electron chi connectivity index (χ2n) is 3.33. The molecule has 0 radical (unpaired) electrons. The molecule has 82 valence electrons. The number of nitrogen functional groups attached to an aromatic ring is 1. The lowest BCUT2D eigenvalue weighted by molar-refractivity contribution is -0.117. The van der Waals surface area contributed by atoms with Crippen LogP contribution in [0.25, 0.3) is 0 Å².